The average molecular weight is 247 g/mol. The van der Waals surface area contributed by atoms with Crippen molar-refractivity contribution in [1.29, 1.82) is 0 Å². The summed E-state index contributed by atoms with van der Waals surface area (Å²) in [4.78, 5) is 0. The zero-order valence-corrected chi connectivity index (χ0v) is 11.5. The fraction of sp³-hybridized carbons (Fsp3) is 1.00. The normalized spacial score (nSPS) is 10.9. The first-order chi connectivity index (χ1) is 8.41. The molecule has 4 heteroatoms. The lowest BCUT2D eigenvalue weighted by atomic mass is 10.3. The smallest absolute Gasteiger partial charge is 0.0701 e. The first-order valence-corrected chi connectivity index (χ1v) is 6.79. The number of hydrogen-bond acceptors (Lipinski definition) is 4. The highest BCUT2D eigenvalue weighted by atomic mass is 16.5. The second kappa shape index (κ2) is 15.8. The van der Waals surface area contributed by atoms with E-state index in [-0.39, 0.29) is 0 Å². The number of rotatable bonds is 14. The van der Waals surface area contributed by atoms with Gasteiger partial charge in [0, 0.05) is 13.2 Å². The molecule has 0 aromatic heterocycles. The standard InChI is InChI=1S/C13H29NO3/c1-3-4-8-15-10-12-17-13-11-16-9-6-5-7-14-2/h14H,3-13H2,1-2H3. The van der Waals surface area contributed by atoms with E-state index in [0.29, 0.717) is 26.4 Å². The van der Waals surface area contributed by atoms with E-state index < -0.39 is 0 Å². The fourth-order valence-corrected chi connectivity index (χ4v) is 1.29. The lowest BCUT2D eigenvalue weighted by Crippen LogP contribution is -2.11. The van der Waals surface area contributed by atoms with Gasteiger partial charge in [0.25, 0.3) is 0 Å². The molecule has 17 heavy (non-hydrogen) atoms. The predicted octanol–water partition coefficient (Wildman–Crippen LogP) is 1.84. The van der Waals surface area contributed by atoms with Gasteiger partial charge in [0.05, 0.1) is 26.4 Å². The molecule has 0 bridgehead atoms. The second-order valence-electron chi connectivity index (χ2n) is 4.00. The van der Waals surface area contributed by atoms with Crippen LogP contribution in [0.15, 0.2) is 0 Å². The van der Waals surface area contributed by atoms with Gasteiger partial charge in [-0.3, -0.25) is 0 Å². The Bertz CT molecular complexity index is 120. The zero-order valence-electron chi connectivity index (χ0n) is 11.5. The molecule has 0 heterocycles. The van der Waals surface area contributed by atoms with Crippen molar-refractivity contribution in [2.75, 3.05) is 53.2 Å². The second-order valence-corrected chi connectivity index (χ2v) is 4.00. The van der Waals surface area contributed by atoms with Gasteiger partial charge in [0.15, 0.2) is 0 Å². The SMILES string of the molecule is CCCCOCCOCCOCCCCNC. The van der Waals surface area contributed by atoms with Crippen LogP contribution in [0.25, 0.3) is 0 Å². The third-order valence-corrected chi connectivity index (χ3v) is 2.35. The predicted molar refractivity (Wildman–Crippen MR) is 70.5 cm³/mol. The van der Waals surface area contributed by atoms with Crippen LogP contribution in [0.4, 0.5) is 0 Å². The molecule has 0 saturated heterocycles. The number of hydrogen-bond donors (Lipinski definition) is 1. The van der Waals surface area contributed by atoms with Gasteiger partial charge in [-0.1, -0.05) is 13.3 Å². The minimum atomic E-state index is 0.670. The molecule has 4 nitrogen and oxygen atoms in total. The molecule has 0 fully saturated rings. The van der Waals surface area contributed by atoms with Crippen LogP contribution in [-0.2, 0) is 14.2 Å². The first-order valence-electron chi connectivity index (χ1n) is 6.79. The molecule has 0 rings (SSSR count). The van der Waals surface area contributed by atoms with E-state index in [1.165, 1.54) is 12.8 Å². The van der Waals surface area contributed by atoms with Crippen LogP contribution in [0.2, 0.25) is 0 Å². The highest BCUT2D eigenvalue weighted by molar-refractivity contribution is 4.42. The zero-order chi connectivity index (χ0) is 12.6. The quantitative estimate of drug-likeness (QED) is 0.475. The van der Waals surface area contributed by atoms with E-state index in [0.717, 1.165) is 32.6 Å². The first kappa shape index (κ1) is 16.8. The largest absolute Gasteiger partial charge is 0.379 e. The Morgan fingerprint density at radius 1 is 0.706 bits per heavy atom. The van der Waals surface area contributed by atoms with Crippen molar-refractivity contribution < 1.29 is 14.2 Å². The van der Waals surface area contributed by atoms with Gasteiger partial charge < -0.3 is 19.5 Å². The van der Waals surface area contributed by atoms with Crippen LogP contribution in [0.1, 0.15) is 32.6 Å². The van der Waals surface area contributed by atoms with Gasteiger partial charge in [-0.25, -0.2) is 0 Å². The van der Waals surface area contributed by atoms with Gasteiger partial charge in [0.2, 0.25) is 0 Å². The van der Waals surface area contributed by atoms with Crippen LogP contribution < -0.4 is 5.32 Å². The summed E-state index contributed by atoms with van der Waals surface area (Å²) in [5.41, 5.74) is 0. The molecule has 0 unspecified atom stereocenters. The van der Waals surface area contributed by atoms with Crippen molar-refractivity contribution in [3.63, 3.8) is 0 Å². The van der Waals surface area contributed by atoms with Crippen LogP contribution in [-0.4, -0.2) is 53.2 Å². The van der Waals surface area contributed by atoms with E-state index in [2.05, 4.69) is 12.2 Å². The summed E-state index contributed by atoms with van der Waals surface area (Å²) in [5.74, 6) is 0. The highest BCUT2D eigenvalue weighted by Crippen LogP contribution is 1.90. The molecule has 0 aliphatic rings. The van der Waals surface area contributed by atoms with Crippen LogP contribution >= 0.6 is 0 Å². The molecule has 0 spiro atoms. The van der Waals surface area contributed by atoms with Gasteiger partial charge in [0.1, 0.15) is 0 Å². The fourth-order valence-electron chi connectivity index (χ4n) is 1.29. The van der Waals surface area contributed by atoms with Crippen LogP contribution in [0, 0.1) is 0 Å². The molecule has 0 aliphatic heterocycles. The van der Waals surface area contributed by atoms with Gasteiger partial charge in [-0.15, -0.1) is 0 Å². The van der Waals surface area contributed by atoms with E-state index in [9.17, 15) is 0 Å². The Morgan fingerprint density at radius 3 is 1.76 bits per heavy atom. The Hall–Kier alpha value is -0.160. The van der Waals surface area contributed by atoms with Crippen molar-refractivity contribution in [2.45, 2.75) is 32.6 Å². The van der Waals surface area contributed by atoms with E-state index >= 15 is 0 Å². The highest BCUT2D eigenvalue weighted by Gasteiger charge is 1.92. The van der Waals surface area contributed by atoms with Crippen molar-refractivity contribution in [3.05, 3.63) is 0 Å². The molecule has 0 aromatic rings. The van der Waals surface area contributed by atoms with E-state index in [4.69, 9.17) is 14.2 Å². The van der Waals surface area contributed by atoms with Gasteiger partial charge >= 0.3 is 0 Å². The summed E-state index contributed by atoms with van der Waals surface area (Å²) >= 11 is 0. The molecule has 0 saturated carbocycles. The maximum Gasteiger partial charge on any atom is 0.0701 e. The molecule has 104 valence electrons. The third kappa shape index (κ3) is 15.8. The maximum atomic E-state index is 5.43. The average Bonchev–Trinajstić information content (AvgIpc) is 2.35. The third-order valence-electron chi connectivity index (χ3n) is 2.35. The topological polar surface area (TPSA) is 39.7 Å². The molecular weight excluding hydrogens is 218 g/mol. The van der Waals surface area contributed by atoms with E-state index in [1.807, 2.05) is 7.05 Å². The summed E-state index contributed by atoms with van der Waals surface area (Å²) < 4.78 is 16.2. The summed E-state index contributed by atoms with van der Waals surface area (Å²) in [6.45, 7) is 7.63. The Morgan fingerprint density at radius 2 is 1.24 bits per heavy atom. The van der Waals surface area contributed by atoms with Crippen molar-refractivity contribution >= 4 is 0 Å². The summed E-state index contributed by atoms with van der Waals surface area (Å²) in [7, 11) is 1.97. The molecular formula is C13H29NO3. The van der Waals surface area contributed by atoms with Crippen LogP contribution in [0.3, 0.4) is 0 Å². The minimum absolute atomic E-state index is 0.670. The maximum absolute atomic E-state index is 5.43. The molecule has 0 aromatic carbocycles. The number of unbranched alkanes of at least 4 members (excludes halogenated alkanes) is 2. The summed E-state index contributed by atoms with van der Waals surface area (Å²) in [6.07, 6.45) is 4.60. The van der Waals surface area contributed by atoms with Gasteiger partial charge in [-0.2, -0.15) is 0 Å². The lowest BCUT2D eigenvalue weighted by molar-refractivity contribution is 0.0135. The van der Waals surface area contributed by atoms with Crippen molar-refractivity contribution in [2.24, 2.45) is 0 Å². The number of ether oxygens (including phenoxy) is 3. The van der Waals surface area contributed by atoms with E-state index in [1.54, 1.807) is 0 Å². The van der Waals surface area contributed by atoms with Gasteiger partial charge in [-0.05, 0) is 32.9 Å². The lowest BCUT2D eigenvalue weighted by Gasteiger charge is -2.06. The van der Waals surface area contributed by atoms with Crippen molar-refractivity contribution in [1.82, 2.24) is 5.32 Å². The number of nitrogens with one attached hydrogen (secondary N) is 1. The Labute approximate surface area is 106 Å². The molecule has 0 aliphatic carbocycles. The van der Waals surface area contributed by atoms with Crippen molar-refractivity contribution in [3.8, 4) is 0 Å². The molecule has 0 amide bonds. The summed E-state index contributed by atoms with van der Waals surface area (Å²) in [5, 5.41) is 3.11. The molecule has 0 atom stereocenters. The molecule has 0 radical (unpaired) electrons. The summed E-state index contributed by atoms with van der Waals surface area (Å²) in [6, 6.07) is 0. The van der Waals surface area contributed by atoms with Crippen LogP contribution in [0.5, 0.6) is 0 Å². The molecule has 1 N–H and O–H groups in total. The monoisotopic (exact) mass is 247 g/mol. The Balaban J connectivity index is 2.85. The minimum Gasteiger partial charge on any atom is -0.379 e. The Kier molecular flexibility index (Phi) is 15.7.